The molecule has 0 fully saturated rings. The maximum atomic E-state index is 12.3. The fraction of sp³-hybridized carbons (Fsp3) is 0.273. The second-order valence-electron chi connectivity index (χ2n) is 3.16. The second kappa shape index (κ2) is 4.47. The third kappa shape index (κ3) is 2.68. The third-order valence-electron chi connectivity index (χ3n) is 2.00. The van der Waals surface area contributed by atoms with Gasteiger partial charge in [-0.25, -0.2) is 0 Å². The van der Waals surface area contributed by atoms with Gasteiger partial charge in [-0.2, -0.15) is 13.2 Å². The highest BCUT2D eigenvalue weighted by Crippen LogP contribution is 2.32. The number of halogens is 3. The molecule has 0 spiro atoms. The second-order valence-corrected chi connectivity index (χ2v) is 3.16. The van der Waals surface area contributed by atoms with Crippen molar-refractivity contribution in [2.24, 2.45) is 0 Å². The lowest BCUT2D eigenvalue weighted by atomic mass is 10.1. The highest BCUT2D eigenvalue weighted by molar-refractivity contribution is 5.70. The van der Waals surface area contributed by atoms with Crippen molar-refractivity contribution in [1.29, 1.82) is 0 Å². The van der Waals surface area contributed by atoms with Crippen LogP contribution in [0.2, 0.25) is 0 Å². The summed E-state index contributed by atoms with van der Waals surface area (Å²) >= 11 is 0. The van der Waals surface area contributed by atoms with Gasteiger partial charge in [-0.1, -0.05) is 6.58 Å². The predicted octanol–water partition coefficient (Wildman–Crippen LogP) is 3.29. The van der Waals surface area contributed by atoms with Crippen LogP contribution >= 0.6 is 0 Å². The van der Waals surface area contributed by atoms with E-state index in [-0.39, 0.29) is 11.4 Å². The van der Waals surface area contributed by atoms with Crippen molar-refractivity contribution >= 4 is 11.4 Å². The first-order chi connectivity index (χ1) is 7.36. The van der Waals surface area contributed by atoms with Crippen molar-refractivity contribution in [1.82, 2.24) is 0 Å². The summed E-state index contributed by atoms with van der Waals surface area (Å²) in [4.78, 5) is 0. The molecule has 0 aliphatic heterocycles. The summed E-state index contributed by atoms with van der Waals surface area (Å²) < 4.78 is 42.1. The molecule has 0 bridgehead atoms. The van der Waals surface area contributed by atoms with Crippen molar-refractivity contribution in [2.45, 2.75) is 13.1 Å². The smallest absolute Gasteiger partial charge is 0.416 e. The van der Waals surface area contributed by atoms with E-state index in [2.05, 4.69) is 6.58 Å². The summed E-state index contributed by atoms with van der Waals surface area (Å²) in [6.07, 6.45) is -4.39. The number of rotatable bonds is 3. The normalized spacial score (nSPS) is 11.2. The third-order valence-corrected chi connectivity index (χ3v) is 2.00. The summed E-state index contributed by atoms with van der Waals surface area (Å²) in [5.74, 6) is 0.272. The molecule has 0 unspecified atom stereocenters. The Kier molecular flexibility index (Phi) is 3.47. The van der Waals surface area contributed by atoms with Crippen LogP contribution < -0.4 is 5.73 Å². The Labute approximate surface area is 91.5 Å². The molecule has 16 heavy (non-hydrogen) atoms. The zero-order chi connectivity index (χ0) is 12.3. The predicted molar refractivity (Wildman–Crippen MR) is 56.5 cm³/mol. The van der Waals surface area contributed by atoms with Crippen molar-refractivity contribution in [2.75, 3.05) is 12.3 Å². The number of ether oxygens (including phenoxy) is 1. The van der Waals surface area contributed by atoms with Crippen LogP contribution in [0, 0.1) is 0 Å². The lowest BCUT2D eigenvalue weighted by Gasteiger charge is -2.12. The van der Waals surface area contributed by atoms with Gasteiger partial charge in [0.05, 0.1) is 12.2 Å². The molecule has 0 amide bonds. The van der Waals surface area contributed by atoms with E-state index < -0.39 is 11.7 Å². The van der Waals surface area contributed by atoms with Crippen LogP contribution in [0.3, 0.4) is 0 Å². The number of benzene rings is 1. The number of hydrogen-bond donors (Lipinski definition) is 1. The summed E-state index contributed by atoms with van der Waals surface area (Å²) in [5.41, 5.74) is 5.12. The fourth-order valence-corrected chi connectivity index (χ4v) is 1.24. The Hall–Kier alpha value is -1.65. The van der Waals surface area contributed by atoms with Gasteiger partial charge in [-0.15, -0.1) is 0 Å². The van der Waals surface area contributed by atoms with Crippen LogP contribution in [0.25, 0.3) is 5.76 Å². The van der Waals surface area contributed by atoms with E-state index in [1.54, 1.807) is 6.92 Å². The molecule has 1 aromatic rings. The molecule has 88 valence electrons. The molecule has 1 rings (SSSR count). The molecule has 0 aromatic heterocycles. The molecular weight excluding hydrogens is 219 g/mol. The molecule has 0 radical (unpaired) electrons. The lowest BCUT2D eigenvalue weighted by Crippen LogP contribution is -2.07. The molecule has 5 heteroatoms. The monoisotopic (exact) mass is 231 g/mol. The zero-order valence-electron chi connectivity index (χ0n) is 8.77. The van der Waals surface area contributed by atoms with Crippen LogP contribution in [-0.2, 0) is 10.9 Å². The minimum Gasteiger partial charge on any atom is -0.494 e. The van der Waals surface area contributed by atoms with Gasteiger partial charge in [0.2, 0.25) is 0 Å². The fourth-order valence-electron chi connectivity index (χ4n) is 1.24. The van der Waals surface area contributed by atoms with Crippen LogP contribution in [0.4, 0.5) is 18.9 Å². The van der Waals surface area contributed by atoms with E-state index >= 15 is 0 Å². The van der Waals surface area contributed by atoms with Gasteiger partial charge >= 0.3 is 6.18 Å². The van der Waals surface area contributed by atoms with E-state index in [1.165, 1.54) is 6.07 Å². The number of alkyl halides is 3. The number of hydrogen-bond acceptors (Lipinski definition) is 2. The molecule has 0 saturated heterocycles. The molecule has 0 aliphatic carbocycles. The molecule has 0 saturated carbocycles. The molecule has 2 nitrogen and oxygen atoms in total. The van der Waals surface area contributed by atoms with E-state index in [9.17, 15) is 13.2 Å². The Balaban J connectivity index is 3.05. The summed E-state index contributed by atoms with van der Waals surface area (Å²) in [6, 6.07) is 3.09. The first-order valence-electron chi connectivity index (χ1n) is 4.65. The van der Waals surface area contributed by atoms with Crippen molar-refractivity contribution in [3.8, 4) is 0 Å². The average Bonchev–Trinajstić information content (AvgIpc) is 2.16. The van der Waals surface area contributed by atoms with Crippen LogP contribution in [-0.4, -0.2) is 6.61 Å². The van der Waals surface area contributed by atoms with Crippen molar-refractivity contribution in [3.05, 3.63) is 35.9 Å². The highest BCUT2D eigenvalue weighted by atomic mass is 19.4. The first kappa shape index (κ1) is 12.4. The minimum absolute atomic E-state index is 0.00766. The van der Waals surface area contributed by atoms with E-state index in [0.29, 0.717) is 12.2 Å². The maximum absolute atomic E-state index is 12.3. The minimum atomic E-state index is -4.39. The SMILES string of the molecule is C=C(OCC)c1ccc(C(F)(F)F)cc1N. The summed E-state index contributed by atoms with van der Waals surface area (Å²) in [5, 5.41) is 0. The van der Waals surface area contributed by atoms with E-state index in [1.807, 2.05) is 0 Å². The van der Waals surface area contributed by atoms with Gasteiger partial charge in [0.1, 0.15) is 5.76 Å². The van der Waals surface area contributed by atoms with Gasteiger partial charge in [0.15, 0.2) is 0 Å². The van der Waals surface area contributed by atoms with Crippen LogP contribution in [0.5, 0.6) is 0 Å². The average molecular weight is 231 g/mol. The molecule has 0 atom stereocenters. The van der Waals surface area contributed by atoms with Gasteiger partial charge in [0.25, 0.3) is 0 Å². The summed E-state index contributed by atoms with van der Waals surface area (Å²) in [7, 11) is 0. The largest absolute Gasteiger partial charge is 0.494 e. The Morgan fingerprint density at radius 3 is 2.50 bits per heavy atom. The quantitative estimate of drug-likeness (QED) is 0.640. The maximum Gasteiger partial charge on any atom is 0.416 e. The molecule has 0 aliphatic rings. The van der Waals surface area contributed by atoms with Crippen LogP contribution in [0.15, 0.2) is 24.8 Å². The summed E-state index contributed by atoms with van der Waals surface area (Å²) in [6.45, 7) is 5.73. The van der Waals surface area contributed by atoms with Crippen molar-refractivity contribution < 1.29 is 17.9 Å². The molecule has 2 N–H and O–H groups in total. The van der Waals surface area contributed by atoms with Gasteiger partial charge in [-0.3, -0.25) is 0 Å². The Morgan fingerprint density at radius 2 is 2.06 bits per heavy atom. The number of anilines is 1. The van der Waals surface area contributed by atoms with Crippen molar-refractivity contribution in [3.63, 3.8) is 0 Å². The Morgan fingerprint density at radius 1 is 1.44 bits per heavy atom. The highest BCUT2D eigenvalue weighted by Gasteiger charge is 2.30. The van der Waals surface area contributed by atoms with Crippen LogP contribution in [0.1, 0.15) is 18.1 Å². The van der Waals surface area contributed by atoms with Gasteiger partial charge in [0, 0.05) is 11.3 Å². The van der Waals surface area contributed by atoms with E-state index in [0.717, 1.165) is 12.1 Å². The molecular formula is C11H12F3NO. The topological polar surface area (TPSA) is 35.2 Å². The number of nitrogens with two attached hydrogens (primary N) is 1. The molecule has 1 aromatic carbocycles. The number of nitrogen functional groups attached to an aromatic ring is 1. The van der Waals surface area contributed by atoms with Gasteiger partial charge < -0.3 is 10.5 Å². The zero-order valence-corrected chi connectivity index (χ0v) is 8.77. The van der Waals surface area contributed by atoms with Gasteiger partial charge in [-0.05, 0) is 25.1 Å². The standard InChI is InChI=1S/C11H12F3NO/c1-3-16-7(2)9-5-4-8(6-10(9)15)11(12,13)14/h4-6H,2-3,15H2,1H3. The molecule has 0 heterocycles. The lowest BCUT2D eigenvalue weighted by molar-refractivity contribution is -0.137. The Bertz CT molecular complexity index is 399. The van der Waals surface area contributed by atoms with E-state index in [4.69, 9.17) is 10.5 Å². The first-order valence-corrected chi connectivity index (χ1v) is 4.65.